The molecule has 0 saturated carbocycles. The quantitative estimate of drug-likeness (QED) is 0.660. The van der Waals surface area contributed by atoms with Crippen LogP contribution in [0.25, 0.3) is 0 Å². The van der Waals surface area contributed by atoms with Gasteiger partial charge in [0.15, 0.2) is 0 Å². The second-order valence-electron chi connectivity index (χ2n) is 4.13. The van der Waals surface area contributed by atoms with Crippen LogP contribution in [0.3, 0.4) is 0 Å². The van der Waals surface area contributed by atoms with Crippen LogP contribution in [-0.2, 0) is 4.79 Å². The first-order valence-electron chi connectivity index (χ1n) is 5.00. The molecule has 0 N–H and O–H groups in total. The molecule has 0 aliphatic carbocycles. The Balaban J connectivity index is 2.69. The Hall–Kier alpha value is -0.570. The van der Waals surface area contributed by atoms with Crippen LogP contribution in [-0.4, -0.2) is 42.0 Å². The van der Waals surface area contributed by atoms with Crippen molar-refractivity contribution in [3.8, 4) is 0 Å². The fourth-order valence-corrected chi connectivity index (χ4v) is 1.87. The number of nitrogens with zero attached hydrogens (tertiary/aromatic N) is 2. The number of hydrogen-bond donors (Lipinski definition) is 0. The molecule has 0 aromatic rings. The maximum atomic E-state index is 11.4. The maximum absolute atomic E-state index is 11.4. The molecule has 1 unspecified atom stereocenters. The van der Waals surface area contributed by atoms with Crippen LogP contribution >= 0.6 is 0 Å². The summed E-state index contributed by atoms with van der Waals surface area (Å²) in [5, 5.41) is 0. The summed E-state index contributed by atoms with van der Waals surface area (Å²) in [6, 6.07) is 0. The van der Waals surface area contributed by atoms with Gasteiger partial charge < -0.3 is 4.90 Å². The molecular formula is C10H20N2O. The second kappa shape index (κ2) is 3.66. The molecule has 3 heteroatoms. The summed E-state index contributed by atoms with van der Waals surface area (Å²) >= 11 is 0. The zero-order valence-corrected chi connectivity index (χ0v) is 9.13. The first-order valence-corrected chi connectivity index (χ1v) is 5.00. The third-order valence-corrected chi connectivity index (χ3v) is 3.30. The summed E-state index contributed by atoms with van der Waals surface area (Å²) in [7, 11) is 3.93. The molecule has 13 heavy (non-hydrogen) atoms. The highest BCUT2D eigenvalue weighted by Gasteiger charge is 2.42. The van der Waals surface area contributed by atoms with E-state index in [1.807, 2.05) is 19.0 Å². The fourth-order valence-electron chi connectivity index (χ4n) is 1.87. The zero-order valence-electron chi connectivity index (χ0n) is 9.13. The van der Waals surface area contributed by atoms with Crippen molar-refractivity contribution < 1.29 is 4.79 Å². The summed E-state index contributed by atoms with van der Waals surface area (Å²) in [5.74, 6) is 0.237. The summed E-state index contributed by atoms with van der Waals surface area (Å²) < 4.78 is 0. The van der Waals surface area contributed by atoms with Gasteiger partial charge in [0.25, 0.3) is 0 Å². The Bertz CT molecular complexity index is 205. The van der Waals surface area contributed by atoms with Gasteiger partial charge in [-0.1, -0.05) is 19.8 Å². The van der Waals surface area contributed by atoms with Crippen LogP contribution in [0.15, 0.2) is 0 Å². The molecule has 0 radical (unpaired) electrons. The molecule has 1 heterocycles. The average Bonchev–Trinajstić information content (AvgIpc) is 2.28. The lowest BCUT2D eigenvalue weighted by atomic mass is 10.0. The summed E-state index contributed by atoms with van der Waals surface area (Å²) in [4.78, 5) is 15.5. The van der Waals surface area contributed by atoms with Crippen molar-refractivity contribution >= 4 is 5.91 Å². The Kier molecular flexibility index (Phi) is 2.96. The van der Waals surface area contributed by atoms with Gasteiger partial charge in [-0.05, 0) is 20.4 Å². The summed E-state index contributed by atoms with van der Waals surface area (Å²) in [6.07, 6.45) is 3.44. The fraction of sp³-hybridized carbons (Fsp3) is 0.900. The van der Waals surface area contributed by atoms with Gasteiger partial charge in [0.05, 0.1) is 12.2 Å². The lowest BCUT2D eigenvalue weighted by Crippen LogP contribution is -2.48. The smallest absolute Gasteiger partial charge is 0.238 e. The van der Waals surface area contributed by atoms with Crippen molar-refractivity contribution in [1.82, 2.24) is 9.80 Å². The largest absolute Gasteiger partial charge is 0.326 e. The van der Waals surface area contributed by atoms with Crippen molar-refractivity contribution in [3.05, 3.63) is 0 Å². The van der Waals surface area contributed by atoms with Crippen molar-refractivity contribution in [2.45, 2.75) is 38.8 Å². The molecule has 3 nitrogen and oxygen atoms in total. The first kappa shape index (κ1) is 10.5. The highest BCUT2D eigenvalue weighted by Crippen LogP contribution is 2.29. The lowest BCUT2D eigenvalue weighted by molar-refractivity contribution is -0.128. The molecule has 1 aliphatic rings. The van der Waals surface area contributed by atoms with Crippen LogP contribution in [0.5, 0.6) is 0 Å². The molecule has 0 spiro atoms. The SMILES string of the molecule is CCCCC1(C)N(C)CC(=O)N1C. The number of rotatable bonds is 3. The van der Waals surface area contributed by atoms with E-state index >= 15 is 0 Å². The Morgan fingerprint density at radius 1 is 1.46 bits per heavy atom. The van der Waals surface area contributed by atoms with E-state index in [2.05, 4.69) is 18.7 Å². The normalized spacial score (nSPS) is 30.2. The number of carbonyl (C=O) groups is 1. The molecular weight excluding hydrogens is 164 g/mol. The van der Waals surface area contributed by atoms with Crippen molar-refractivity contribution in [2.75, 3.05) is 20.6 Å². The minimum atomic E-state index is -0.0485. The zero-order chi connectivity index (χ0) is 10.1. The molecule has 1 amide bonds. The van der Waals surface area contributed by atoms with Gasteiger partial charge in [-0.15, -0.1) is 0 Å². The highest BCUT2D eigenvalue weighted by atomic mass is 16.2. The minimum absolute atomic E-state index is 0.0485. The van der Waals surface area contributed by atoms with E-state index in [0.29, 0.717) is 6.54 Å². The Morgan fingerprint density at radius 3 is 2.46 bits per heavy atom. The number of carbonyl (C=O) groups excluding carboxylic acids is 1. The third-order valence-electron chi connectivity index (χ3n) is 3.30. The van der Waals surface area contributed by atoms with Crippen LogP contribution in [0.2, 0.25) is 0 Å². The van der Waals surface area contributed by atoms with Crippen LogP contribution in [0.1, 0.15) is 33.1 Å². The topological polar surface area (TPSA) is 23.6 Å². The number of hydrogen-bond acceptors (Lipinski definition) is 2. The van der Waals surface area contributed by atoms with Gasteiger partial charge in [-0.2, -0.15) is 0 Å². The van der Waals surface area contributed by atoms with Gasteiger partial charge in [-0.25, -0.2) is 0 Å². The maximum Gasteiger partial charge on any atom is 0.238 e. The Morgan fingerprint density at radius 2 is 2.08 bits per heavy atom. The van der Waals surface area contributed by atoms with Gasteiger partial charge in [-0.3, -0.25) is 9.69 Å². The van der Waals surface area contributed by atoms with Crippen molar-refractivity contribution in [1.29, 1.82) is 0 Å². The van der Waals surface area contributed by atoms with Crippen LogP contribution in [0, 0.1) is 0 Å². The molecule has 0 aromatic heterocycles. The molecule has 1 fully saturated rings. The summed E-state index contributed by atoms with van der Waals surface area (Å²) in [6.45, 7) is 4.89. The van der Waals surface area contributed by atoms with E-state index in [-0.39, 0.29) is 11.6 Å². The van der Waals surface area contributed by atoms with E-state index in [1.54, 1.807) is 0 Å². The average molecular weight is 184 g/mol. The number of amides is 1. The third kappa shape index (κ3) is 1.70. The Labute approximate surface area is 80.7 Å². The highest BCUT2D eigenvalue weighted by molar-refractivity contribution is 5.81. The number of unbranched alkanes of at least 4 members (excludes halogenated alkanes) is 1. The predicted octanol–water partition coefficient (Wildman–Crippen LogP) is 1.30. The van der Waals surface area contributed by atoms with Gasteiger partial charge in [0.2, 0.25) is 5.91 Å². The van der Waals surface area contributed by atoms with E-state index in [1.165, 1.54) is 12.8 Å². The van der Waals surface area contributed by atoms with E-state index in [4.69, 9.17) is 0 Å². The predicted molar refractivity (Wildman–Crippen MR) is 53.3 cm³/mol. The molecule has 1 rings (SSSR count). The monoisotopic (exact) mass is 184 g/mol. The van der Waals surface area contributed by atoms with Gasteiger partial charge in [0.1, 0.15) is 0 Å². The molecule has 0 aromatic carbocycles. The van der Waals surface area contributed by atoms with E-state index < -0.39 is 0 Å². The molecule has 1 saturated heterocycles. The van der Waals surface area contributed by atoms with E-state index in [9.17, 15) is 4.79 Å². The minimum Gasteiger partial charge on any atom is -0.326 e. The van der Waals surface area contributed by atoms with Crippen molar-refractivity contribution in [3.63, 3.8) is 0 Å². The standard InChI is InChI=1S/C10H20N2O/c1-5-6-7-10(2)11(3)8-9(13)12(10)4/h5-8H2,1-4H3. The van der Waals surface area contributed by atoms with E-state index in [0.717, 1.165) is 6.42 Å². The van der Waals surface area contributed by atoms with Crippen LogP contribution in [0.4, 0.5) is 0 Å². The number of likely N-dealkylation sites (N-methyl/N-ethyl adjacent to an activating group) is 2. The second-order valence-corrected chi connectivity index (χ2v) is 4.13. The molecule has 0 bridgehead atoms. The van der Waals surface area contributed by atoms with Crippen molar-refractivity contribution in [2.24, 2.45) is 0 Å². The molecule has 1 atom stereocenters. The molecule has 1 aliphatic heterocycles. The first-order chi connectivity index (χ1) is 6.02. The lowest BCUT2D eigenvalue weighted by Gasteiger charge is -2.37. The van der Waals surface area contributed by atoms with Gasteiger partial charge in [0, 0.05) is 7.05 Å². The van der Waals surface area contributed by atoms with Gasteiger partial charge >= 0.3 is 0 Å². The molecule has 76 valence electrons. The summed E-state index contributed by atoms with van der Waals surface area (Å²) in [5.41, 5.74) is -0.0485. The van der Waals surface area contributed by atoms with Crippen LogP contribution < -0.4 is 0 Å².